The van der Waals surface area contributed by atoms with E-state index in [-0.39, 0.29) is 0 Å². The fraction of sp³-hybridized carbons (Fsp3) is 0.167. The smallest absolute Gasteiger partial charge is 0.293 e. The molecule has 150 valence electrons. The summed E-state index contributed by atoms with van der Waals surface area (Å²) in [5.74, 6) is -2.24. The molecule has 0 aliphatic rings. The maximum atomic E-state index is 14.5. The van der Waals surface area contributed by atoms with E-state index in [1.54, 1.807) is 19.1 Å². The highest BCUT2D eigenvalue weighted by molar-refractivity contribution is 7.89. The lowest BCUT2D eigenvalue weighted by atomic mass is 10.2. The van der Waals surface area contributed by atoms with Gasteiger partial charge in [-0.05, 0) is 31.2 Å². The molecule has 29 heavy (non-hydrogen) atoms. The number of benzene rings is 1. The first-order valence-corrected chi connectivity index (χ1v) is 9.95. The summed E-state index contributed by atoms with van der Waals surface area (Å²) in [5, 5.41) is 5.49. The average molecular weight is 419 g/mol. The molecule has 4 rings (SSSR count). The number of nitrogens with two attached hydrogens (primary N) is 1. The van der Waals surface area contributed by atoms with Crippen molar-refractivity contribution < 1.29 is 17.2 Å². The molecule has 2 N–H and O–H groups in total. The Balaban J connectivity index is 1.98. The van der Waals surface area contributed by atoms with Crippen LogP contribution in [0.25, 0.3) is 22.1 Å². The maximum Gasteiger partial charge on any atom is 0.329 e. The van der Waals surface area contributed by atoms with E-state index >= 15 is 0 Å². The van der Waals surface area contributed by atoms with Crippen molar-refractivity contribution in [2.75, 3.05) is 0 Å². The number of nitrogens with zero attached hydrogens (tertiary/aromatic N) is 4. The van der Waals surface area contributed by atoms with Gasteiger partial charge in [0.1, 0.15) is 11.6 Å². The topological polar surface area (TPSA) is 113 Å². The average Bonchev–Trinajstić information content (AvgIpc) is 2.88. The molecule has 3 heterocycles. The van der Waals surface area contributed by atoms with Gasteiger partial charge >= 0.3 is 5.69 Å². The molecule has 4 aromatic rings. The zero-order chi connectivity index (χ0) is 21.1. The number of sulfonamides is 1. The van der Waals surface area contributed by atoms with Crippen molar-refractivity contribution in [3.8, 4) is 0 Å². The molecule has 11 heteroatoms. The highest BCUT2D eigenvalue weighted by atomic mass is 32.2. The van der Waals surface area contributed by atoms with Crippen molar-refractivity contribution in [1.29, 1.82) is 0 Å². The second-order valence-electron chi connectivity index (χ2n) is 6.65. The van der Waals surface area contributed by atoms with Crippen molar-refractivity contribution in [3.05, 3.63) is 63.8 Å². The summed E-state index contributed by atoms with van der Waals surface area (Å²) >= 11 is 0. The highest BCUT2D eigenvalue weighted by Gasteiger charge is 2.21. The third-order valence-corrected chi connectivity index (χ3v) is 5.62. The van der Waals surface area contributed by atoms with Crippen LogP contribution in [0.1, 0.15) is 11.3 Å². The van der Waals surface area contributed by atoms with Gasteiger partial charge in [-0.15, -0.1) is 0 Å². The second-order valence-corrected chi connectivity index (χ2v) is 8.22. The van der Waals surface area contributed by atoms with Crippen LogP contribution < -0.4 is 10.8 Å². The molecular formula is C18H15F2N5O3S. The lowest BCUT2D eigenvalue weighted by molar-refractivity contribution is 0.533. The van der Waals surface area contributed by atoms with Crippen molar-refractivity contribution in [2.45, 2.75) is 18.4 Å². The lowest BCUT2D eigenvalue weighted by Crippen LogP contribution is -2.24. The van der Waals surface area contributed by atoms with Crippen LogP contribution in [0.5, 0.6) is 0 Å². The Morgan fingerprint density at radius 2 is 1.83 bits per heavy atom. The Hall–Kier alpha value is -3.18. The lowest BCUT2D eigenvalue weighted by Gasteiger charge is -2.09. The number of primary sulfonamides is 1. The van der Waals surface area contributed by atoms with Crippen LogP contribution in [-0.2, 0) is 23.6 Å². The molecule has 8 nitrogen and oxygen atoms in total. The minimum atomic E-state index is -4.28. The fourth-order valence-corrected chi connectivity index (χ4v) is 3.79. The molecule has 0 fully saturated rings. The second kappa shape index (κ2) is 6.42. The molecular weight excluding hydrogens is 404 g/mol. The Bertz CT molecular complexity index is 1450. The molecule has 0 saturated carbocycles. The number of pyridine rings is 2. The number of aromatic nitrogens is 4. The van der Waals surface area contributed by atoms with Crippen LogP contribution in [0.15, 0.2) is 40.2 Å². The van der Waals surface area contributed by atoms with E-state index in [2.05, 4.69) is 9.97 Å². The van der Waals surface area contributed by atoms with Crippen LogP contribution in [0.4, 0.5) is 8.78 Å². The molecule has 0 spiro atoms. The van der Waals surface area contributed by atoms with Gasteiger partial charge in [-0.2, -0.15) is 0 Å². The van der Waals surface area contributed by atoms with Crippen molar-refractivity contribution >= 4 is 32.1 Å². The predicted molar refractivity (Wildman–Crippen MR) is 102 cm³/mol. The third kappa shape index (κ3) is 3.08. The van der Waals surface area contributed by atoms with Gasteiger partial charge in [0.05, 0.1) is 28.7 Å². The number of fused-ring (bicyclic) bond motifs is 3. The number of aryl methyl sites for hydroxylation is 2. The van der Waals surface area contributed by atoms with Gasteiger partial charge < -0.3 is 0 Å². The number of hydrogen-bond acceptors (Lipinski definition) is 5. The van der Waals surface area contributed by atoms with E-state index in [0.717, 1.165) is 5.69 Å². The van der Waals surface area contributed by atoms with E-state index in [4.69, 9.17) is 5.14 Å². The maximum absolute atomic E-state index is 14.5. The number of hydrogen-bond donors (Lipinski definition) is 1. The molecule has 3 aromatic heterocycles. The number of imidazole rings is 1. The molecule has 0 bridgehead atoms. The van der Waals surface area contributed by atoms with Gasteiger partial charge in [0.15, 0.2) is 5.65 Å². The first kappa shape index (κ1) is 19.2. The van der Waals surface area contributed by atoms with Crippen LogP contribution in [0.3, 0.4) is 0 Å². The molecule has 0 amide bonds. The highest BCUT2D eigenvalue weighted by Crippen LogP contribution is 2.25. The minimum absolute atomic E-state index is 0.391. The zero-order valence-corrected chi connectivity index (χ0v) is 16.2. The summed E-state index contributed by atoms with van der Waals surface area (Å²) in [6.07, 6.45) is 1.47. The van der Waals surface area contributed by atoms with Gasteiger partial charge in [-0.1, -0.05) is 0 Å². The summed E-state index contributed by atoms with van der Waals surface area (Å²) in [4.78, 5) is 20.7. The van der Waals surface area contributed by atoms with E-state index in [1.807, 2.05) is 0 Å². The molecule has 0 aliphatic carbocycles. The van der Waals surface area contributed by atoms with Gasteiger partial charge in [-0.3, -0.25) is 9.13 Å². The quantitative estimate of drug-likeness (QED) is 0.542. The first-order valence-electron chi connectivity index (χ1n) is 8.40. The Morgan fingerprint density at radius 1 is 1.17 bits per heavy atom. The summed E-state index contributed by atoms with van der Waals surface area (Å²) in [7, 11) is -2.76. The van der Waals surface area contributed by atoms with Gasteiger partial charge in [0.25, 0.3) is 0 Å². The van der Waals surface area contributed by atoms with Crippen LogP contribution in [0.2, 0.25) is 0 Å². The number of rotatable bonds is 3. The number of halogens is 2. The predicted octanol–water partition coefficient (Wildman–Crippen LogP) is 1.57. The van der Waals surface area contributed by atoms with E-state index in [1.165, 1.54) is 22.4 Å². The normalized spacial score (nSPS) is 12.2. The van der Waals surface area contributed by atoms with Gasteiger partial charge in [0.2, 0.25) is 10.0 Å². The van der Waals surface area contributed by atoms with Crippen molar-refractivity contribution in [1.82, 2.24) is 19.1 Å². The molecule has 0 atom stereocenters. The van der Waals surface area contributed by atoms with E-state index in [9.17, 15) is 22.0 Å². The largest absolute Gasteiger partial charge is 0.329 e. The van der Waals surface area contributed by atoms with E-state index < -0.39 is 44.4 Å². The Morgan fingerprint density at radius 3 is 2.45 bits per heavy atom. The zero-order valence-electron chi connectivity index (χ0n) is 15.3. The summed E-state index contributed by atoms with van der Waals surface area (Å²) in [5.41, 5.74) is 1.04. The first-order chi connectivity index (χ1) is 13.6. The Labute approximate surface area is 163 Å². The molecule has 0 saturated heterocycles. The molecule has 1 aromatic carbocycles. The minimum Gasteiger partial charge on any atom is -0.293 e. The van der Waals surface area contributed by atoms with Gasteiger partial charge in [0, 0.05) is 23.7 Å². The van der Waals surface area contributed by atoms with Crippen LogP contribution in [-0.4, -0.2) is 27.5 Å². The van der Waals surface area contributed by atoms with Crippen molar-refractivity contribution in [2.24, 2.45) is 12.2 Å². The summed E-state index contributed by atoms with van der Waals surface area (Å²) < 4.78 is 54.3. The monoisotopic (exact) mass is 419 g/mol. The van der Waals surface area contributed by atoms with Gasteiger partial charge in [-0.25, -0.2) is 37.1 Å². The van der Waals surface area contributed by atoms with E-state index in [0.29, 0.717) is 34.2 Å². The molecule has 0 aliphatic heterocycles. The summed E-state index contributed by atoms with van der Waals surface area (Å²) in [6, 6.07) is 4.75. The fourth-order valence-electron chi connectivity index (χ4n) is 3.26. The van der Waals surface area contributed by atoms with Crippen molar-refractivity contribution in [3.63, 3.8) is 0 Å². The summed E-state index contributed by atoms with van der Waals surface area (Å²) in [6.45, 7) is 1.34. The van der Waals surface area contributed by atoms with Crippen LogP contribution in [0, 0.1) is 18.6 Å². The molecule has 0 radical (unpaired) electrons. The molecule has 0 unspecified atom stereocenters. The Kier molecular flexibility index (Phi) is 4.24. The third-order valence-electron chi connectivity index (χ3n) is 4.73. The SMILES string of the molecule is Cc1ccc2c(ncc3c2n(Cc2c(F)cc(S(N)(=O)=O)cc2F)c(=O)n3C)n1. The standard InChI is InChI=1S/C18H15F2N5O3S/c1-9-3-4-11-16-15(7-22-17(11)23-9)24(2)18(26)25(16)8-12-13(19)5-10(6-14(12)20)29(21,27)28/h3-7H,8H2,1-2H3,(H2,21,27,28). The van der Waals surface area contributed by atoms with Crippen LogP contribution >= 0.6 is 0 Å².